The van der Waals surface area contributed by atoms with Crippen molar-refractivity contribution >= 4 is 17.3 Å². The smallest absolute Gasteiger partial charge is 0.191 e. The van der Waals surface area contributed by atoms with Gasteiger partial charge in [0.15, 0.2) is 5.96 Å². The normalized spacial score (nSPS) is 11.8. The molecule has 0 unspecified atom stereocenters. The Morgan fingerprint density at radius 3 is 2.75 bits per heavy atom. The highest BCUT2D eigenvalue weighted by molar-refractivity contribution is 7.11. The fourth-order valence-electron chi connectivity index (χ4n) is 2.46. The van der Waals surface area contributed by atoms with E-state index in [0.29, 0.717) is 0 Å². The van der Waals surface area contributed by atoms with E-state index in [1.807, 2.05) is 13.1 Å². The Hall–Kier alpha value is -1.89. The molecule has 0 aromatic carbocycles. The molecule has 2 aromatic heterocycles. The zero-order valence-corrected chi connectivity index (χ0v) is 15.9. The molecule has 2 heterocycles. The lowest BCUT2D eigenvalue weighted by Crippen LogP contribution is -2.38. The van der Waals surface area contributed by atoms with Gasteiger partial charge >= 0.3 is 0 Å². The van der Waals surface area contributed by atoms with E-state index in [-0.39, 0.29) is 0 Å². The lowest BCUT2D eigenvalue weighted by Gasteiger charge is -2.10. The summed E-state index contributed by atoms with van der Waals surface area (Å²) in [5.41, 5.74) is 2.28. The minimum atomic E-state index is 0.782. The first-order valence-electron chi connectivity index (χ1n) is 8.53. The van der Waals surface area contributed by atoms with Crippen LogP contribution in [-0.2, 0) is 13.0 Å². The third kappa shape index (κ3) is 5.96. The van der Waals surface area contributed by atoms with Crippen molar-refractivity contribution in [3.05, 3.63) is 33.5 Å². The molecule has 0 aliphatic heterocycles. The van der Waals surface area contributed by atoms with Gasteiger partial charge in [-0.2, -0.15) is 5.10 Å². The number of hydrogen-bond donors (Lipinski definition) is 2. The summed E-state index contributed by atoms with van der Waals surface area (Å²) in [5.74, 6) is 0.874. The minimum Gasteiger partial charge on any atom is -0.357 e. The molecule has 0 bridgehead atoms. The highest BCUT2D eigenvalue weighted by Gasteiger charge is 2.02. The second-order valence-electron chi connectivity index (χ2n) is 5.81. The molecule has 0 spiro atoms. The minimum absolute atomic E-state index is 0.782. The summed E-state index contributed by atoms with van der Waals surface area (Å²) in [4.78, 5) is 10.3. The van der Waals surface area contributed by atoms with Gasteiger partial charge in [0, 0.05) is 49.4 Å². The van der Waals surface area contributed by atoms with Gasteiger partial charge in [0.25, 0.3) is 0 Å². The number of hydrogen-bond acceptors (Lipinski definition) is 4. The maximum absolute atomic E-state index is 4.64. The molecule has 7 heteroatoms. The van der Waals surface area contributed by atoms with Crippen LogP contribution < -0.4 is 10.6 Å². The number of aromatic nitrogens is 3. The molecule has 2 aromatic rings. The summed E-state index contributed by atoms with van der Waals surface area (Å²) in [7, 11) is 0. The van der Waals surface area contributed by atoms with Crippen molar-refractivity contribution in [2.24, 2.45) is 4.99 Å². The van der Waals surface area contributed by atoms with Crippen LogP contribution in [0.1, 0.15) is 34.6 Å². The van der Waals surface area contributed by atoms with E-state index in [1.54, 1.807) is 11.3 Å². The van der Waals surface area contributed by atoms with E-state index < -0.39 is 0 Å². The number of nitrogens with one attached hydrogen (secondary N) is 2. The monoisotopic (exact) mass is 348 g/mol. The van der Waals surface area contributed by atoms with Crippen LogP contribution in [0.5, 0.6) is 0 Å². The van der Waals surface area contributed by atoms with Crippen LogP contribution in [0, 0.1) is 20.8 Å². The highest BCUT2D eigenvalue weighted by atomic mass is 32.1. The van der Waals surface area contributed by atoms with E-state index in [4.69, 9.17) is 0 Å². The molecule has 0 aliphatic carbocycles. The van der Waals surface area contributed by atoms with Crippen LogP contribution in [-0.4, -0.2) is 40.4 Å². The van der Waals surface area contributed by atoms with Gasteiger partial charge in [-0.25, -0.2) is 4.98 Å². The number of rotatable bonds is 8. The molecule has 0 saturated heterocycles. The third-order valence-corrected chi connectivity index (χ3v) is 4.52. The van der Waals surface area contributed by atoms with E-state index in [1.165, 1.54) is 15.6 Å². The van der Waals surface area contributed by atoms with Gasteiger partial charge in [-0.3, -0.25) is 9.67 Å². The fourth-order valence-corrected chi connectivity index (χ4v) is 3.25. The number of aryl methyl sites for hydroxylation is 4. The van der Waals surface area contributed by atoms with Crippen LogP contribution >= 0.6 is 11.3 Å². The fraction of sp³-hybridized carbons (Fsp3) is 0.588. The van der Waals surface area contributed by atoms with Crippen molar-refractivity contribution in [1.29, 1.82) is 0 Å². The summed E-state index contributed by atoms with van der Waals surface area (Å²) in [5, 5.41) is 12.3. The van der Waals surface area contributed by atoms with Crippen LogP contribution in [0.15, 0.2) is 17.3 Å². The van der Waals surface area contributed by atoms with Gasteiger partial charge in [0.05, 0.1) is 10.7 Å². The van der Waals surface area contributed by atoms with Gasteiger partial charge in [-0.15, -0.1) is 11.3 Å². The first kappa shape index (κ1) is 18.4. The predicted molar refractivity (Wildman–Crippen MR) is 101 cm³/mol. The Morgan fingerprint density at radius 1 is 1.29 bits per heavy atom. The zero-order chi connectivity index (χ0) is 17.4. The SMILES string of the molecule is CCNC(=NCCCn1nc(C)cc1C)NCCc1ncc(C)s1. The Morgan fingerprint density at radius 2 is 2.12 bits per heavy atom. The van der Waals surface area contributed by atoms with E-state index in [0.717, 1.165) is 50.7 Å². The summed E-state index contributed by atoms with van der Waals surface area (Å²) in [6.45, 7) is 11.7. The largest absolute Gasteiger partial charge is 0.357 e. The summed E-state index contributed by atoms with van der Waals surface area (Å²) >= 11 is 1.75. The maximum Gasteiger partial charge on any atom is 0.191 e. The second-order valence-corrected chi connectivity index (χ2v) is 7.13. The first-order valence-corrected chi connectivity index (χ1v) is 9.34. The summed E-state index contributed by atoms with van der Waals surface area (Å²) < 4.78 is 2.05. The Labute approximate surface area is 148 Å². The summed E-state index contributed by atoms with van der Waals surface area (Å²) in [6, 6.07) is 2.11. The molecule has 24 heavy (non-hydrogen) atoms. The average Bonchev–Trinajstić information content (AvgIpc) is 3.08. The lowest BCUT2D eigenvalue weighted by atomic mass is 10.4. The van der Waals surface area contributed by atoms with Crippen molar-refractivity contribution < 1.29 is 0 Å². The van der Waals surface area contributed by atoms with Gasteiger partial charge < -0.3 is 10.6 Å². The third-order valence-electron chi connectivity index (χ3n) is 3.55. The van der Waals surface area contributed by atoms with Gasteiger partial charge in [-0.1, -0.05) is 0 Å². The topological polar surface area (TPSA) is 67.1 Å². The highest BCUT2D eigenvalue weighted by Crippen LogP contribution is 2.10. The molecule has 2 rings (SSSR count). The number of aliphatic imine (C=N–C) groups is 1. The van der Waals surface area contributed by atoms with Crippen LogP contribution in [0.2, 0.25) is 0 Å². The predicted octanol–water partition coefficient (Wildman–Crippen LogP) is 2.45. The van der Waals surface area contributed by atoms with Crippen molar-refractivity contribution in [3.8, 4) is 0 Å². The molecule has 6 nitrogen and oxygen atoms in total. The van der Waals surface area contributed by atoms with Crippen LogP contribution in [0.4, 0.5) is 0 Å². The number of nitrogens with zero attached hydrogens (tertiary/aromatic N) is 4. The average molecular weight is 349 g/mol. The Bertz CT molecular complexity index is 658. The van der Waals surface area contributed by atoms with Gasteiger partial charge in [-0.05, 0) is 40.2 Å². The van der Waals surface area contributed by atoms with Crippen molar-refractivity contribution in [2.45, 2.75) is 47.1 Å². The molecular weight excluding hydrogens is 320 g/mol. The molecule has 0 radical (unpaired) electrons. The molecule has 0 amide bonds. The Kier molecular flexibility index (Phi) is 7.24. The molecule has 132 valence electrons. The van der Waals surface area contributed by atoms with E-state index in [9.17, 15) is 0 Å². The standard InChI is InChI=1S/C17H28N6S/c1-5-18-17(20-9-7-16-21-12-15(4)24-16)19-8-6-10-23-14(3)11-13(2)22-23/h11-12H,5-10H2,1-4H3,(H2,18,19,20). The molecular formula is C17H28N6S. The quantitative estimate of drug-likeness (QED) is 0.437. The van der Waals surface area contributed by atoms with Crippen molar-refractivity contribution in [1.82, 2.24) is 25.4 Å². The molecule has 0 saturated carbocycles. The summed E-state index contributed by atoms with van der Waals surface area (Å²) in [6.07, 6.45) is 3.83. The zero-order valence-electron chi connectivity index (χ0n) is 15.1. The van der Waals surface area contributed by atoms with E-state index >= 15 is 0 Å². The molecule has 0 fully saturated rings. The van der Waals surface area contributed by atoms with Crippen molar-refractivity contribution in [2.75, 3.05) is 19.6 Å². The maximum atomic E-state index is 4.64. The molecule has 0 aliphatic rings. The molecule has 2 N–H and O–H groups in total. The molecule has 0 atom stereocenters. The second kappa shape index (κ2) is 9.42. The number of guanidine groups is 1. The Balaban J connectivity index is 1.74. The van der Waals surface area contributed by atoms with Gasteiger partial charge in [0.2, 0.25) is 0 Å². The van der Waals surface area contributed by atoms with Crippen LogP contribution in [0.3, 0.4) is 0 Å². The first-order chi connectivity index (χ1) is 11.6. The van der Waals surface area contributed by atoms with Crippen molar-refractivity contribution in [3.63, 3.8) is 0 Å². The van der Waals surface area contributed by atoms with Crippen LogP contribution in [0.25, 0.3) is 0 Å². The van der Waals surface area contributed by atoms with E-state index in [2.05, 4.69) is 57.2 Å². The van der Waals surface area contributed by atoms with Gasteiger partial charge in [0.1, 0.15) is 0 Å². The number of thiazole rings is 1. The lowest BCUT2D eigenvalue weighted by molar-refractivity contribution is 0.567.